The molecule has 0 radical (unpaired) electrons. The van der Waals surface area contributed by atoms with E-state index in [1.54, 1.807) is 0 Å². The van der Waals surface area contributed by atoms with E-state index in [1.807, 2.05) is 11.3 Å². The van der Waals surface area contributed by atoms with Crippen LogP contribution in [0.15, 0.2) is 15.9 Å². The van der Waals surface area contributed by atoms with E-state index in [-0.39, 0.29) is 0 Å². The van der Waals surface area contributed by atoms with Crippen LogP contribution in [-0.4, -0.2) is 31.1 Å². The molecule has 1 aromatic rings. The summed E-state index contributed by atoms with van der Waals surface area (Å²) in [6.07, 6.45) is 2.66. The molecule has 0 spiro atoms. The molecule has 2 heterocycles. The first-order valence-corrected chi connectivity index (χ1v) is 8.56. The van der Waals surface area contributed by atoms with Crippen LogP contribution in [0.3, 0.4) is 0 Å². The van der Waals surface area contributed by atoms with Crippen molar-refractivity contribution < 1.29 is 0 Å². The molecule has 1 fully saturated rings. The molecule has 0 bridgehead atoms. The Morgan fingerprint density at radius 3 is 2.78 bits per heavy atom. The highest BCUT2D eigenvalue weighted by atomic mass is 79.9. The molecule has 0 saturated carbocycles. The lowest BCUT2D eigenvalue weighted by atomic mass is 9.97. The third kappa shape index (κ3) is 3.80. The van der Waals surface area contributed by atoms with Crippen LogP contribution in [0.5, 0.6) is 0 Å². The SMILES string of the molecule is CCN(CC1CCNCC1)C(C)c1cc(Br)cs1. The van der Waals surface area contributed by atoms with Gasteiger partial charge in [0, 0.05) is 27.3 Å². The summed E-state index contributed by atoms with van der Waals surface area (Å²) in [5, 5.41) is 5.63. The first kappa shape index (κ1) is 14.5. The number of halogens is 1. The minimum absolute atomic E-state index is 0.543. The van der Waals surface area contributed by atoms with Gasteiger partial charge in [0.25, 0.3) is 0 Å². The van der Waals surface area contributed by atoms with Gasteiger partial charge in [-0.25, -0.2) is 0 Å². The average Bonchev–Trinajstić information content (AvgIpc) is 2.83. The maximum atomic E-state index is 3.55. The molecule has 1 unspecified atom stereocenters. The molecule has 1 atom stereocenters. The zero-order valence-corrected chi connectivity index (χ0v) is 13.7. The molecule has 4 heteroatoms. The second kappa shape index (κ2) is 7.04. The van der Waals surface area contributed by atoms with Crippen molar-refractivity contribution in [3.05, 3.63) is 20.8 Å². The van der Waals surface area contributed by atoms with Gasteiger partial charge < -0.3 is 5.32 Å². The number of hydrogen-bond donors (Lipinski definition) is 1. The smallest absolute Gasteiger partial charge is 0.0413 e. The van der Waals surface area contributed by atoms with Gasteiger partial charge in [0.05, 0.1) is 0 Å². The van der Waals surface area contributed by atoms with Crippen LogP contribution >= 0.6 is 27.3 Å². The molecular weight excluding hydrogens is 308 g/mol. The maximum Gasteiger partial charge on any atom is 0.0413 e. The van der Waals surface area contributed by atoms with E-state index < -0.39 is 0 Å². The second-order valence-electron chi connectivity index (χ2n) is 5.12. The van der Waals surface area contributed by atoms with Crippen LogP contribution in [-0.2, 0) is 0 Å². The molecular formula is C14H23BrN2S. The summed E-state index contributed by atoms with van der Waals surface area (Å²) in [5.74, 6) is 0.872. The summed E-state index contributed by atoms with van der Waals surface area (Å²) in [6, 6.07) is 2.81. The Labute approximate surface area is 123 Å². The van der Waals surface area contributed by atoms with Crippen molar-refractivity contribution in [2.75, 3.05) is 26.2 Å². The van der Waals surface area contributed by atoms with Gasteiger partial charge in [-0.3, -0.25) is 4.90 Å². The molecule has 1 saturated heterocycles. The van der Waals surface area contributed by atoms with Crippen molar-refractivity contribution >= 4 is 27.3 Å². The Morgan fingerprint density at radius 2 is 2.22 bits per heavy atom. The fourth-order valence-electron chi connectivity index (χ4n) is 2.68. The van der Waals surface area contributed by atoms with E-state index >= 15 is 0 Å². The van der Waals surface area contributed by atoms with Gasteiger partial charge >= 0.3 is 0 Å². The van der Waals surface area contributed by atoms with E-state index in [9.17, 15) is 0 Å². The summed E-state index contributed by atoms with van der Waals surface area (Å²) >= 11 is 5.42. The highest BCUT2D eigenvalue weighted by Crippen LogP contribution is 2.30. The van der Waals surface area contributed by atoms with Crippen molar-refractivity contribution in [2.45, 2.75) is 32.7 Å². The predicted molar refractivity (Wildman–Crippen MR) is 83.3 cm³/mol. The van der Waals surface area contributed by atoms with Gasteiger partial charge in [-0.2, -0.15) is 0 Å². The Morgan fingerprint density at radius 1 is 1.50 bits per heavy atom. The Balaban J connectivity index is 1.94. The summed E-state index contributed by atoms with van der Waals surface area (Å²) in [6.45, 7) is 9.39. The van der Waals surface area contributed by atoms with Crippen molar-refractivity contribution in [1.29, 1.82) is 0 Å². The molecule has 0 aliphatic carbocycles. The molecule has 1 aliphatic rings. The first-order chi connectivity index (χ1) is 8.70. The fraction of sp³-hybridized carbons (Fsp3) is 0.714. The molecule has 18 heavy (non-hydrogen) atoms. The molecule has 1 aliphatic heterocycles. The van der Waals surface area contributed by atoms with Gasteiger partial charge in [0.2, 0.25) is 0 Å². The van der Waals surface area contributed by atoms with E-state index in [2.05, 4.69) is 51.4 Å². The second-order valence-corrected chi connectivity index (χ2v) is 6.98. The third-order valence-electron chi connectivity index (χ3n) is 3.90. The van der Waals surface area contributed by atoms with E-state index in [0.29, 0.717) is 6.04 Å². The molecule has 0 aromatic carbocycles. The van der Waals surface area contributed by atoms with Gasteiger partial charge in [0.1, 0.15) is 0 Å². The van der Waals surface area contributed by atoms with Gasteiger partial charge in [-0.1, -0.05) is 6.92 Å². The Bertz CT molecular complexity index is 360. The number of nitrogens with zero attached hydrogens (tertiary/aromatic N) is 1. The fourth-order valence-corrected chi connectivity index (χ4v) is 4.22. The van der Waals surface area contributed by atoms with Crippen LogP contribution in [0.1, 0.15) is 37.6 Å². The van der Waals surface area contributed by atoms with Gasteiger partial charge in [-0.05, 0) is 67.3 Å². The number of thiophene rings is 1. The van der Waals surface area contributed by atoms with E-state index in [0.717, 1.165) is 12.5 Å². The minimum atomic E-state index is 0.543. The van der Waals surface area contributed by atoms with Crippen LogP contribution in [0.25, 0.3) is 0 Å². The number of hydrogen-bond acceptors (Lipinski definition) is 3. The van der Waals surface area contributed by atoms with Crippen molar-refractivity contribution in [2.24, 2.45) is 5.92 Å². The predicted octanol–water partition coefficient (Wildman–Crippen LogP) is 3.89. The zero-order chi connectivity index (χ0) is 13.0. The lowest BCUT2D eigenvalue weighted by molar-refractivity contribution is 0.170. The van der Waals surface area contributed by atoms with Gasteiger partial charge in [-0.15, -0.1) is 11.3 Å². The van der Waals surface area contributed by atoms with Crippen molar-refractivity contribution in [3.63, 3.8) is 0 Å². The maximum absolute atomic E-state index is 3.55. The first-order valence-electron chi connectivity index (χ1n) is 6.89. The molecule has 0 amide bonds. The topological polar surface area (TPSA) is 15.3 Å². The van der Waals surface area contributed by atoms with Gasteiger partial charge in [0.15, 0.2) is 0 Å². The van der Waals surface area contributed by atoms with E-state index in [1.165, 1.54) is 41.8 Å². The Kier molecular flexibility index (Phi) is 5.67. The highest BCUT2D eigenvalue weighted by molar-refractivity contribution is 9.10. The Hall–Kier alpha value is 0.1000. The number of rotatable bonds is 5. The van der Waals surface area contributed by atoms with Crippen LogP contribution in [0, 0.1) is 5.92 Å². The van der Waals surface area contributed by atoms with Crippen LogP contribution in [0.2, 0.25) is 0 Å². The molecule has 1 aromatic heterocycles. The summed E-state index contributed by atoms with van der Waals surface area (Å²) in [4.78, 5) is 4.09. The highest BCUT2D eigenvalue weighted by Gasteiger charge is 2.21. The normalized spacial score (nSPS) is 19.3. The number of piperidine rings is 1. The largest absolute Gasteiger partial charge is 0.317 e. The van der Waals surface area contributed by atoms with Crippen molar-refractivity contribution in [1.82, 2.24) is 10.2 Å². The van der Waals surface area contributed by atoms with E-state index in [4.69, 9.17) is 0 Å². The number of nitrogens with one attached hydrogen (secondary N) is 1. The summed E-state index contributed by atoms with van der Waals surface area (Å²) in [7, 11) is 0. The lowest BCUT2D eigenvalue weighted by Gasteiger charge is -2.33. The molecule has 2 rings (SSSR count). The lowest BCUT2D eigenvalue weighted by Crippen LogP contribution is -2.37. The monoisotopic (exact) mass is 330 g/mol. The molecule has 102 valence electrons. The summed E-state index contributed by atoms with van der Waals surface area (Å²) < 4.78 is 1.22. The standard InChI is InChI=1S/C14H23BrN2S/c1-3-17(9-12-4-6-16-7-5-12)11(2)14-8-13(15)10-18-14/h8,10-12,16H,3-7,9H2,1-2H3. The molecule has 2 nitrogen and oxygen atoms in total. The quantitative estimate of drug-likeness (QED) is 0.880. The molecule has 1 N–H and O–H groups in total. The average molecular weight is 331 g/mol. The van der Waals surface area contributed by atoms with Crippen LogP contribution in [0.4, 0.5) is 0 Å². The van der Waals surface area contributed by atoms with Crippen LogP contribution < -0.4 is 5.32 Å². The summed E-state index contributed by atoms with van der Waals surface area (Å²) in [5.41, 5.74) is 0. The minimum Gasteiger partial charge on any atom is -0.317 e. The third-order valence-corrected chi connectivity index (χ3v) is 5.77. The zero-order valence-electron chi connectivity index (χ0n) is 11.3. The van der Waals surface area contributed by atoms with Crippen molar-refractivity contribution in [3.8, 4) is 0 Å².